The van der Waals surface area contributed by atoms with E-state index in [2.05, 4.69) is 6.07 Å². The highest BCUT2D eigenvalue weighted by Crippen LogP contribution is 2.36. The molecule has 0 N–H and O–H groups in total. The monoisotopic (exact) mass is 224 g/mol. The molecule has 2 nitrogen and oxygen atoms in total. The van der Waals surface area contributed by atoms with Crippen LogP contribution in [0.1, 0.15) is 28.4 Å². The van der Waals surface area contributed by atoms with E-state index in [1.165, 1.54) is 5.56 Å². The van der Waals surface area contributed by atoms with Crippen molar-refractivity contribution in [2.45, 2.75) is 13.3 Å². The van der Waals surface area contributed by atoms with Crippen molar-refractivity contribution >= 4 is 5.78 Å². The number of carbonyl (C=O) groups is 1. The van der Waals surface area contributed by atoms with Crippen molar-refractivity contribution in [2.24, 2.45) is 0 Å². The number of fused-ring (bicyclic) bond motifs is 2. The fraction of sp³-hybridized carbons (Fsp3) is 0.133. The van der Waals surface area contributed by atoms with Gasteiger partial charge in [0.15, 0.2) is 5.78 Å². The summed E-state index contributed by atoms with van der Waals surface area (Å²) in [5.74, 6) is 1.86. The Morgan fingerprint density at radius 3 is 2.65 bits per heavy atom. The Hall–Kier alpha value is -2.09. The summed E-state index contributed by atoms with van der Waals surface area (Å²) in [6, 6.07) is 13.6. The third kappa shape index (κ3) is 1.72. The van der Waals surface area contributed by atoms with E-state index in [9.17, 15) is 4.79 Å². The Balaban J connectivity index is 2.06. The second kappa shape index (κ2) is 3.74. The number of carbonyl (C=O) groups excluding carboxylic acids is 1. The number of ketones is 1. The Bertz CT molecular complexity index is 600. The molecule has 0 saturated heterocycles. The molecule has 1 heterocycles. The molecule has 0 atom stereocenters. The maximum Gasteiger partial charge on any atom is 0.159 e. The maximum absolute atomic E-state index is 11.3. The molecule has 2 aromatic carbocycles. The minimum Gasteiger partial charge on any atom is -0.457 e. The van der Waals surface area contributed by atoms with Crippen LogP contribution in [0.2, 0.25) is 0 Å². The molecule has 0 radical (unpaired) electrons. The van der Waals surface area contributed by atoms with E-state index >= 15 is 0 Å². The van der Waals surface area contributed by atoms with Gasteiger partial charge in [0.25, 0.3) is 0 Å². The fourth-order valence-corrected chi connectivity index (χ4v) is 2.11. The Labute approximate surface area is 99.9 Å². The molecule has 1 aliphatic heterocycles. The van der Waals surface area contributed by atoms with Crippen LogP contribution >= 0.6 is 0 Å². The van der Waals surface area contributed by atoms with Gasteiger partial charge in [-0.1, -0.05) is 18.2 Å². The summed E-state index contributed by atoms with van der Waals surface area (Å²) in [4.78, 5) is 11.3. The van der Waals surface area contributed by atoms with Crippen LogP contribution in [-0.4, -0.2) is 5.78 Å². The molecular formula is C15H12O2. The summed E-state index contributed by atoms with van der Waals surface area (Å²) in [5, 5.41) is 0. The fourth-order valence-electron chi connectivity index (χ4n) is 2.11. The van der Waals surface area contributed by atoms with Gasteiger partial charge in [-0.3, -0.25) is 4.79 Å². The van der Waals surface area contributed by atoms with Crippen molar-refractivity contribution in [3.8, 4) is 11.5 Å². The van der Waals surface area contributed by atoms with Gasteiger partial charge >= 0.3 is 0 Å². The van der Waals surface area contributed by atoms with Crippen LogP contribution in [0.3, 0.4) is 0 Å². The quantitative estimate of drug-likeness (QED) is 0.590. The number of hydrogen-bond acceptors (Lipinski definition) is 2. The number of ether oxygens (including phenoxy) is 1. The minimum absolute atomic E-state index is 0.0895. The molecule has 2 heteroatoms. The van der Waals surface area contributed by atoms with Gasteiger partial charge < -0.3 is 4.74 Å². The molecule has 84 valence electrons. The first-order chi connectivity index (χ1) is 8.24. The van der Waals surface area contributed by atoms with Gasteiger partial charge in [-0.2, -0.15) is 0 Å². The zero-order chi connectivity index (χ0) is 11.8. The highest BCUT2D eigenvalue weighted by atomic mass is 16.5. The highest BCUT2D eigenvalue weighted by Gasteiger charge is 2.17. The molecule has 3 rings (SSSR count). The Morgan fingerprint density at radius 1 is 1.06 bits per heavy atom. The summed E-state index contributed by atoms with van der Waals surface area (Å²) >= 11 is 0. The third-order valence-electron chi connectivity index (χ3n) is 3.04. The summed E-state index contributed by atoms with van der Waals surface area (Å²) < 4.78 is 5.80. The molecule has 0 amide bonds. The standard InChI is InChI=1S/C15H12O2/c1-10(16)11-6-7-15-13(8-11)9-12-4-2-3-5-14(12)17-15/h2-8H,9H2,1H3. The number of hydrogen-bond donors (Lipinski definition) is 0. The maximum atomic E-state index is 11.3. The first kappa shape index (κ1) is 10.1. The topological polar surface area (TPSA) is 26.3 Å². The summed E-state index contributed by atoms with van der Waals surface area (Å²) in [7, 11) is 0. The van der Waals surface area contributed by atoms with Gasteiger partial charge in [-0.05, 0) is 36.8 Å². The third-order valence-corrected chi connectivity index (χ3v) is 3.04. The molecular weight excluding hydrogens is 212 g/mol. The van der Waals surface area contributed by atoms with E-state index < -0.39 is 0 Å². The van der Waals surface area contributed by atoms with E-state index in [1.54, 1.807) is 6.92 Å². The van der Waals surface area contributed by atoms with Crippen LogP contribution < -0.4 is 4.74 Å². The second-order valence-corrected chi connectivity index (χ2v) is 4.27. The van der Waals surface area contributed by atoms with E-state index in [0.717, 1.165) is 29.0 Å². The van der Waals surface area contributed by atoms with E-state index in [0.29, 0.717) is 0 Å². The van der Waals surface area contributed by atoms with Crippen molar-refractivity contribution in [1.82, 2.24) is 0 Å². The van der Waals surface area contributed by atoms with Crippen molar-refractivity contribution in [2.75, 3.05) is 0 Å². The van der Waals surface area contributed by atoms with Crippen molar-refractivity contribution in [3.63, 3.8) is 0 Å². The van der Waals surface area contributed by atoms with Crippen LogP contribution in [0.4, 0.5) is 0 Å². The summed E-state index contributed by atoms with van der Waals surface area (Å²) in [6.07, 6.45) is 0.826. The van der Waals surface area contributed by atoms with Crippen LogP contribution in [0.15, 0.2) is 42.5 Å². The van der Waals surface area contributed by atoms with Crippen molar-refractivity contribution in [3.05, 3.63) is 59.2 Å². The molecule has 0 saturated carbocycles. The first-order valence-corrected chi connectivity index (χ1v) is 5.63. The number of rotatable bonds is 1. The van der Waals surface area contributed by atoms with Crippen LogP contribution in [0, 0.1) is 0 Å². The highest BCUT2D eigenvalue weighted by molar-refractivity contribution is 5.94. The van der Waals surface area contributed by atoms with Crippen LogP contribution in [0.5, 0.6) is 11.5 Å². The van der Waals surface area contributed by atoms with E-state index in [-0.39, 0.29) is 5.78 Å². The van der Waals surface area contributed by atoms with E-state index in [4.69, 9.17) is 4.74 Å². The molecule has 0 bridgehead atoms. The minimum atomic E-state index is 0.0895. The van der Waals surface area contributed by atoms with Crippen molar-refractivity contribution in [1.29, 1.82) is 0 Å². The van der Waals surface area contributed by atoms with Crippen LogP contribution in [-0.2, 0) is 6.42 Å². The lowest BCUT2D eigenvalue weighted by Gasteiger charge is -2.20. The molecule has 0 unspecified atom stereocenters. The summed E-state index contributed by atoms with van der Waals surface area (Å²) in [6.45, 7) is 1.58. The Kier molecular flexibility index (Phi) is 2.22. The van der Waals surface area contributed by atoms with Gasteiger partial charge in [-0.15, -0.1) is 0 Å². The average Bonchev–Trinajstić information content (AvgIpc) is 2.35. The lowest BCUT2D eigenvalue weighted by atomic mass is 9.98. The zero-order valence-corrected chi connectivity index (χ0v) is 9.57. The smallest absolute Gasteiger partial charge is 0.159 e. The van der Waals surface area contributed by atoms with Gasteiger partial charge in [0, 0.05) is 17.5 Å². The molecule has 0 aliphatic carbocycles. The molecule has 17 heavy (non-hydrogen) atoms. The largest absolute Gasteiger partial charge is 0.457 e. The predicted octanol–water partition coefficient (Wildman–Crippen LogP) is 3.59. The molecule has 0 spiro atoms. The van der Waals surface area contributed by atoms with Gasteiger partial charge in [0.1, 0.15) is 11.5 Å². The Morgan fingerprint density at radius 2 is 1.82 bits per heavy atom. The lowest BCUT2D eigenvalue weighted by Crippen LogP contribution is -2.04. The number of para-hydroxylation sites is 1. The average molecular weight is 224 g/mol. The normalized spacial score (nSPS) is 12.3. The molecule has 0 aromatic heterocycles. The van der Waals surface area contributed by atoms with E-state index in [1.807, 2.05) is 36.4 Å². The zero-order valence-electron chi connectivity index (χ0n) is 9.57. The molecule has 1 aliphatic rings. The van der Waals surface area contributed by atoms with Gasteiger partial charge in [0.2, 0.25) is 0 Å². The number of Topliss-reactive ketones (excluding diaryl/α,β-unsaturated/α-hetero) is 1. The van der Waals surface area contributed by atoms with Crippen LogP contribution in [0.25, 0.3) is 0 Å². The number of benzene rings is 2. The second-order valence-electron chi connectivity index (χ2n) is 4.27. The predicted molar refractivity (Wildman–Crippen MR) is 65.8 cm³/mol. The summed E-state index contributed by atoms with van der Waals surface area (Å²) in [5.41, 5.74) is 2.99. The van der Waals surface area contributed by atoms with Gasteiger partial charge in [-0.25, -0.2) is 0 Å². The molecule has 2 aromatic rings. The SMILES string of the molecule is CC(=O)c1ccc2c(c1)Cc1ccccc1O2. The lowest BCUT2D eigenvalue weighted by molar-refractivity contribution is 0.101. The first-order valence-electron chi connectivity index (χ1n) is 5.63. The molecule has 0 fully saturated rings. The van der Waals surface area contributed by atoms with Crippen molar-refractivity contribution < 1.29 is 9.53 Å². The van der Waals surface area contributed by atoms with Gasteiger partial charge in [0.05, 0.1) is 0 Å².